The van der Waals surface area contributed by atoms with Crippen molar-refractivity contribution in [3.63, 3.8) is 0 Å². The molecule has 1 atom stereocenters. The minimum absolute atomic E-state index is 0.0148. The Morgan fingerprint density at radius 1 is 1.56 bits per heavy atom. The normalized spacial score (nSPS) is 12.2. The molecule has 4 nitrogen and oxygen atoms in total. The second kappa shape index (κ2) is 5.48. The molecule has 0 saturated carbocycles. The molecule has 0 saturated heterocycles. The zero-order valence-electron chi connectivity index (χ0n) is 10.3. The van der Waals surface area contributed by atoms with Gasteiger partial charge in [0.1, 0.15) is 5.65 Å². The minimum Gasteiger partial charge on any atom is -0.298 e. The summed E-state index contributed by atoms with van der Waals surface area (Å²) in [5.41, 5.74) is 1.28. The molecule has 0 aliphatic carbocycles. The van der Waals surface area contributed by atoms with Crippen LogP contribution in [-0.4, -0.2) is 15.4 Å². The van der Waals surface area contributed by atoms with Crippen molar-refractivity contribution < 1.29 is 0 Å². The number of nitrogens with zero attached hydrogens (tertiary/aromatic N) is 2. The predicted molar refractivity (Wildman–Crippen MR) is 71.2 cm³/mol. The summed E-state index contributed by atoms with van der Waals surface area (Å²) in [6, 6.07) is 7.02. The SMILES string of the molecule is C#CC(CC)NCc1cc(=O)n2ccccc2n1. The van der Waals surface area contributed by atoms with Gasteiger partial charge in [0.15, 0.2) is 0 Å². The predicted octanol–water partition coefficient (Wildman–Crippen LogP) is 1.20. The van der Waals surface area contributed by atoms with Crippen molar-refractivity contribution in [2.75, 3.05) is 0 Å². The Labute approximate surface area is 106 Å². The van der Waals surface area contributed by atoms with Crippen molar-refractivity contribution >= 4 is 5.65 Å². The highest BCUT2D eigenvalue weighted by molar-refractivity contribution is 5.37. The largest absolute Gasteiger partial charge is 0.298 e. The van der Waals surface area contributed by atoms with Crippen LogP contribution in [0.15, 0.2) is 35.3 Å². The van der Waals surface area contributed by atoms with Gasteiger partial charge < -0.3 is 0 Å². The first-order chi connectivity index (χ1) is 8.74. The highest BCUT2D eigenvalue weighted by Crippen LogP contribution is 1.99. The van der Waals surface area contributed by atoms with Crippen LogP contribution in [0, 0.1) is 12.3 Å². The van der Waals surface area contributed by atoms with Gasteiger partial charge in [0.05, 0.1) is 11.7 Å². The van der Waals surface area contributed by atoms with Crippen molar-refractivity contribution in [1.82, 2.24) is 14.7 Å². The van der Waals surface area contributed by atoms with Gasteiger partial charge in [0.25, 0.3) is 5.56 Å². The number of fused-ring (bicyclic) bond motifs is 1. The van der Waals surface area contributed by atoms with Crippen LogP contribution in [0.25, 0.3) is 5.65 Å². The van der Waals surface area contributed by atoms with Gasteiger partial charge >= 0.3 is 0 Å². The Balaban J connectivity index is 2.25. The molecule has 0 fully saturated rings. The fourth-order valence-electron chi connectivity index (χ4n) is 1.74. The van der Waals surface area contributed by atoms with E-state index in [1.165, 1.54) is 10.5 Å². The van der Waals surface area contributed by atoms with E-state index in [1.54, 1.807) is 12.3 Å². The lowest BCUT2D eigenvalue weighted by Gasteiger charge is -2.10. The van der Waals surface area contributed by atoms with Crippen molar-refractivity contribution in [2.45, 2.75) is 25.9 Å². The molecular formula is C14H15N3O. The summed E-state index contributed by atoms with van der Waals surface area (Å²) in [6.07, 6.45) is 7.93. The van der Waals surface area contributed by atoms with Gasteiger partial charge in [-0.25, -0.2) is 4.98 Å². The number of rotatable bonds is 4. The molecule has 0 bridgehead atoms. The average molecular weight is 241 g/mol. The topological polar surface area (TPSA) is 46.4 Å². The third kappa shape index (κ3) is 2.58. The smallest absolute Gasteiger partial charge is 0.258 e. The first kappa shape index (κ1) is 12.3. The molecule has 0 aliphatic heterocycles. The molecule has 0 spiro atoms. The van der Waals surface area contributed by atoms with E-state index in [2.05, 4.69) is 16.2 Å². The number of pyridine rings is 1. The van der Waals surface area contributed by atoms with Crippen LogP contribution >= 0.6 is 0 Å². The second-order valence-electron chi connectivity index (χ2n) is 4.02. The van der Waals surface area contributed by atoms with Crippen LogP contribution in [0.5, 0.6) is 0 Å². The third-order valence-corrected chi connectivity index (χ3v) is 2.76. The summed E-state index contributed by atoms with van der Waals surface area (Å²) in [4.78, 5) is 16.2. The number of hydrogen-bond acceptors (Lipinski definition) is 3. The van der Waals surface area contributed by atoms with Crippen LogP contribution in [0.1, 0.15) is 19.0 Å². The fourth-order valence-corrected chi connectivity index (χ4v) is 1.74. The van der Waals surface area contributed by atoms with E-state index < -0.39 is 0 Å². The monoisotopic (exact) mass is 241 g/mol. The van der Waals surface area contributed by atoms with Crippen LogP contribution in [0.2, 0.25) is 0 Å². The van der Waals surface area contributed by atoms with Gasteiger partial charge in [-0.15, -0.1) is 6.42 Å². The lowest BCUT2D eigenvalue weighted by Crippen LogP contribution is -2.27. The highest BCUT2D eigenvalue weighted by Gasteiger charge is 2.04. The lowest BCUT2D eigenvalue weighted by atomic mass is 10.2. The Morgan fingerprint density at radius 2 is 2.39 bits per heavy atom. The Bertz CT molecular complexity index is 639. The van der Waals surface area contributed by atoms with Gasteiger partial charge in [0.2, 0.25) is 0 Å². The van der Waals surface area contributed by atoms with E-state index in [1.807, 2.05) is 19.1 Å². The Kier molecular flexibility index (Phi) is 3.75. The molecule has 1 unspecified atom stereocenters. The first-order valence-corrected chi connectivity index (χ1v) is 5.91. The Hall–Kier alpha value is -2.12. The standard InChI is InChI=1S/C14H15N3O/c1-3-11(4-2)15-10-12-9-14(18)17-8-6-5-7-13(17)16-12/h1,5-9,11,15H,4,10H2,2H3. The molecule has 2 aromatic rings. The van der Waals surface area contributed by atoms with Crippen LogP contribution in [-0.2, 0) is 6.54 Å². The molecule has 4 heteroatoms. The molecular weight excluding hydrogens is 226 g/mol. The molecule has 0 aliphatic rings. The van der Waals surface area contributed by atoms with Crippen molar-refractivity contribution in [1.29, 1.82) is 0 Å². The molecule has 2 heterocycles. The summed E-state index contributed by atoms with van der Waals surface area (Å²) in [6.45, 7) is 2.52. The number of terminal acetylenes is 1. The van der Waals surface area contributed by atoms with Gasteiger partial charge in [-0.3, -0.25) is 14.5 Å². The summed E-state index contributed by atoms with van der Waals surface area (Å²) in [5, 5.41) is 3.18. The van der Waals surface area contributed by atoms with E-state index in [-0.39, 0.29) is 11.6 Å². The first-order valence-electron chi connectivity index (χ1n) is 5.91. The summed E-state index contributed by atoms with van der Waals surface area (Å²) in [7, 11) is 0. The van der Waals surface area contributed by atoms with E-state index in [4.69, 9.17) is 6.42 Å². The Morgan fingerprint density at radius 3 is 3.11 bits per heavy atom. The van der Waals surface area contributed by atoms with Gasteiger partial charge in [-0.05, 0) is 18.6 Å². The molecule has 2 aromatic heterocycles. The van der Waals surface area contributed by atoms with Crippen molar-refractivity contribution in [3.8, 4) is 12.3 Å². The zero-order chi connectivity index (χ0) is 13.0. The van der Waals surface area contributed by atoms with E-state index in [0.717, 1.165) is 6.42 Å². The number of aromatic nitrogens is 2. The van der Waals surface area contributed by atoms with Gasteiger partial charge in [-0.2, -0.15) is 0 Å². The zero-order valence-corrected chi connectivity index (χ0v) is 10.3. The quantitative estimate of drug-likeness (QED) is 0.818. The van der Waals surface area contributed by atoms with Gasteiger partial charge in [-0.1, -0.05) is 18.9 Å². The highest BCUT2D eigenvalue weighted by atomic mass is 16.1. The molecule has 2 rings (SSSR count). The number of hydrogen-bond donors (Lipinski definition) is 1. The third-order valence-electron chi connectivity index (χ3n) is 2.76. The molecule has 92 valence electrons. The number of nitrogens with one attached hydrogen (secondary N) is 1. The average Bonchev–Trinajstić information content (AvgIpc) is 2.40. The fraction of sp³-hybridized carbons (Fsp3) is 0.286. The molecule has 0 amide bonds. The summed E-state index contributed by atoms with van der Waals surface area (Å²) >= 11 is 0. The van der Waals surface area contributed by atoms with Gasteiger partial charge in [0, 0.05) is 18.8 Å². The lowest BCUT2D eigenvalue weighted by molar-refractivity contribution is 0.585. The maximum absolute atomic E-state index is 11.8. The molecule has 0 aromatic carbocycles. The summed E-state index contributed by atoms with van der Waals surface area (Å²) < 4.78 is 1.52. The van der Waals surface area contributed by atoms with Crippen molar-refractivity contribution in [2.24, 2.45) is 0 Å². The summed E-state index contributed by atoms with van der Waals surface area (Å²) in [5.74, 6) is 2.65. The minimum atomic E-state index is -0.0776. The van der Waals surface area contributed by atoms with Crippen LogP contribution in [0.4, 0.5) is 0 Å². The van der Waals surface area contributed by atoms with Crippen molar-refractivity contribution in [3.05, 3.63) is 46.5 Å². The molecule has 0 radical (unpaired) electrons. The van der Waals surface area contributed by atoms with E-state index >= 15 is 0 Å². The van der Waals surface area contributed by atoms with Crippen LogP contribution < -0.4 is 10.9 Å². The molecule has 18 heavy (non-hydrogen) atoms. The van der Waals surface area contributed by atoms with E-state index in [0.29, 0.717) is 17.9 Å². The van der Waals surface area contributed by atoms with E-state index in [9.17, 15) is 4.79 Å². The maximum Gasteiger partial charge on any atom is 0.258 e. The maximum atomic E-state index is 11.8. The molecule has 1 N–H and O–H groups in total. The second-order valence-corrected chi connectivity index (χ2v) is 4.02. The van der Waals surface area contributed by atoms with Crippen LogP contribution in [0.3, 0.4) is 0 Å².